The molecule has 0 saturated carbocycles. The van der Waals surface area contributed by atoms with Crippen LogP contribution in [0.4, 0.5) is 5.95 Å². The summed E-state index contributed by atoms with van der Waals surface area (Å²) in [6.45, 7) is 2.77. The first kappa shape index (κ1) is 11.2. The lowest BCUT2D eigenvalue weighted by atomic mass is 10.2. The summed E-state index contributed by atoms with van der Waals surface area (Å²) >= 11 is 3.46. The number of nitrogens with zero attached hydrogens (tertiary/aromatic N) is 2. The van der Waals surface area contributed by atoms with E-state index in [1.165, 1.54) is 5.56 Å². The maximum atomic E-state index is 4.39. The number of aromatic nitrogens is 2. The van der Waals surface area contributed by atoms with Crippen LogP contribution in [-0.2, 0) is 13.6 Å². The molecule has 1 aromatic carbocycles. The summed E-state index contributed by atoms with van der Waals surface area (Å²) in [5, 5.41) is 3.31. The van der Waals surface area contributed by atoms with Crippen molar-refractivity contribution >= 4 is 21.9 Å². The number of halogens is 1. The van der Waals surface area contributed by atoms with E-state index in [1.807, 2.05) is 36.9 Å². The Bertz CT molecular complexity index is 491. The second kappa shape index (κ2) is 4.70. The van der Waals surface area contributed by atoms with E-state index < -0.39 is 0 Å². The molecule has 2 rings (SSSR count). The third-order valence-electron chi connectivity index (χ3n) is 2.34. The van der Waals surface area contributed by atoms with Crippen LogP contribution in [0.5, 0.6) is 0 Å². The van der Waals surface area contributed by atoms with E-state index in [0.717, 1.165) is 22.7 Å². The minimum Gasteiger partial charge on any atom is -0.352 e. The molecule has 0 bridgehead atoms. The summed E-state index contributed by atoms with van der Waals surface area (Å²) in [7, 11) is 1.99. The van der Waals surface area contributed by atoms with Crippen molar-refractivity contribution in [2.24, 2.45) is 7.05 Å². The Balaban J connectivity index is 2.05. The van der Waals surface area contributed by atoms with Crippen LogP contribution in [0, 0.1) is 6.92 Å². The molecule has 16 heavy (non-hydrogen) atoms. The molecule has 0 aliphatic rings. The van der Waals surface area contributed by atoms with Crippen molar-refractivity contribution in [2.45, 2.75) is 13.5 Å². The van der Waals surface area contributed by atoms with Gasteiger partial charge in [0.1, 0.15) is 0 Å². The third-order valence-corrected chi connectivity index (χ3v) is 2.83. The molecule has 2 aromatic rings. The number of rotatable bonds is 3. The van der Waals surface area contributed by atoms with E-state index in [4.69, 9.17) is 0 Å². The highest BCUT2D eigenvalue weighted by atomic mass is 79.9. The molecule has 0 radical (unpaired) electrons. The molecule has 0 fully saturated rings. The van der Waals surface area contributed by atoms with Crippen LogP contribution in [-0.4, -0.2) is 9.55 Å². The van der Waals surface area contributed by atoms with Gasteiger partial charge in [0.05, 0.1) is 5.69 Å². The molecule has 0 amide bonds. The van der Waals surface area contributed by atoms with Crippen molar-refractivity contribution in [3.05, 3.63) is 46.2 Å². The SMILES string of the molecule is Cc1cn(C)c(NCc2cccc(Br)c2)n1. The summed E-state index contributed by atoms with van der Waals surface area (Å²) in [6, 6.07) is 8.25. The molecule has 0 aliphatic heterocycles. The van der Waals surface area contributed by atoms with E-state index in [-0.39, 0.29) is 0 Å². The smallest absolute Gasteiger partial charge is 0.203 e. The molecule has 3 nitrogen and oxygen atoms in total. The summed E-state index contributed by atoms with van der Waals surface area (Å²) in [5.74, 6) is 0.900. The highest BCUT2D eigenvalue weighted by Gasteiger charge is 2.01. The van der Waals surface area contributed by atoms with E-state index in [0.29, 0.717) is 0 Å². The van der Waals surface area contributed by atoms with Gasteiger partial charge in [0.2, 0.25) is 5.95 Å². The van der Waals surface area contributed by atoms with Crippen LogP contribution < -0.4 is 5.32 Å². The van der Waals surface area contributed by atoms with Crippen LogP contribution in [0.3, 0.4) is 0 Å². The van der Waals surface area contributed by atoms with Gasteiger partial charge in [-0.2, -0.15) is 0 Å². The van der Waals surface area contributed by atoms with Gasteiger partial charge in [0, 0.05) is 24.3 Å². The fraction of sp³-hybridized carbons (Fsp3) is 0.250. The van der Waals surface area contributed by atoms with Crippen molar-refractivity contribution in [1.82, 2.24) is 9.55 Å². The summed E-state index contributed by atoms with van der Waals surface area (Å²) in [4.78, 5) is 4.39. The zero-order chi connectivity index (χ0) is 11.5. The Kier molecular flexibility index (Phi) is 3.29. The number of nitrogens with one attached hydrogen (secondary N) is 1. The number of anilines is 1. The van der Waals surface area contributed by atoms with Crippen molar-refractivity contribution in [1.29, 1.82) is 0 Å². The Morgan fingerprint density at radius 1 is 1.44 bits per heavy atom. The summed E-state index contributed by atoms with van der Waals surface area (Å²) in [5.41, 5.74) is 2.26. The zero-order valence-corrected chi connectivity index (χ0v) is 11.0. The average molecular weight is 280 g/mol. The topological polar surface area (TPSA) is 29.9 Å². The lowest BCUT2D eigenvalue weighted by Crippen LogP contribution is -2.04. The molecule has 1 aromatic heterocycles. The second-order valence-electron chi connectivity index (χ2n) is 3.80. The zero-order valence-electron chi connectivity index (χ0n) is 9.37. The van der Waals surface area contributed by atoms with E-state index in [2.05, 4.69) is 38.4 Å². The molecule has 4 heteroatoms. The van der Waals surface area contributed by atoms with Crippen LogP contribution >= 0.6 is 15.9 Å². The predicted molar refractivity (Wildman–Crippen MR) is 69.4 cm³/mol. The fourth-order valence-corrected chi connectivity index (χ4v) is 2.06. The van der Waals surface area contributed by atoms with Crippen LogP contribution in [0.15, 0.2) is 34.9 Å². The average Bonchev–Trinajstić information content (AvgIpc) is 2.54. The maximum Gasteiger partial charge on any atom is 0.203 e. The fourth-order valence-electron chi connectivity index (χ4n) is 1.61. The molecular formula is C12H14BrN3. The van der Waals surface area contributed by atoms with Gasteiger partial charge in [0.15, 0.2) is 0 Å². The van der Waals surface area contributed by atoms with Gasteiger partial charge in [0.25, 0.3) is 0 Å². The largest absolute Gasteiger partial charge is 0.352 e. The monoisotopic (exact) mass is 279 g/mol. The number of aryl methyl sites for hydroxylation is 2. The standard InChI is InChI=1S/C12H14BrN3/c1-9-8-16(2)12(15-9)14-7-10-4-3-5-11(13)6-10/h3-6,8H,7H2,1-2H3,(H,14,15). The van der Waals surface area contributed by atoms with Gasteiger partial charge in [-0.25, -0.2) is 4.98 Å². The minimum absolute atomic E-state index is 0.781. The number of hydrogen-bond acceptors (Lipinski definition) is 2. The molecule has 0 saturated heterocycles. The van der Waals surface area contributed by atoms with Gasteiger partial charge >= 0.3 is 0 Å². The normalized spacial score (nSPS) is 10.4. The van der Waals surface area contributed by atoms with Gasteiger partial charge in [-0.15, -0.1) is 0 Å². The first-order valence-corrected chi connectivity index (χ1v) is 5.93. The molecule has 84 valence electrons. The Morgan fingerprint density at radius 3 is 2.88 bits per heavy atom. The van der Waals surface area contributed by atoms with Crippen molar-refractivity contribution in [2.75, 3.05) is 5.32 Å². The number of hydrogen-bond donors (Lipinski definition) is 1. The highest BCUT2D eigenvalue weighted by molar-refractivity contribution is 9.10. The molecule has 1 heterocycles. The van der Waals surface area contributed by atoms with Crippen LogP contribution in [0.25, 0.3) is 0 Å². The van der Waals surface area contributed by atoms with E-state index in [1.54, 1.807) is 0 Å². The Hall–Kier alpha value is -1.29. The van der Waals surface area contributed by atoms with Gasteiger partial charge < -0.3 is 9.88 Å². The molecule has 0 spiro atoms. The van der Waals surface area contributed by atoms with E-state index >= 15 is 0 Å². The van der Waals surface area contributed by atoms with E-state index in [9.17, 15) is 0 Å². The molecular weight excluding hydrogens is 266 g/mol. The lowest BCUT2D eigenvalue weighted by molar-refractivity contribution is 0.899. The van der Waals surface area contributed by atoms with Crippen molar-refractivity contribution in [3.8, 4) is 0 Å². The highest BCUT2D eigenvalue weighted by Crippen LogP contribution is 2.13. The molecule has 0 unspecified atom stereocenters. The first-order chi connectivity index (χ1) is 7.65. The summed E-state index contributed by atoms with van der Waals surface area (Å²) in [6.07, 6.45) is 2.00. The Labute approximate surface area is 104 Å². The minimum atomic E-state index is 0.781. The first-order valence-electron chi connectivity index (χ1n) is 5.13. The molecule has 0 atom stereocenters. The summed E-state index contributed by atoms with van der Waals surface area (Å²) < 4.78 is 3.09. The van der Waals surface area contributed by atoms with Crippen molar-refractivity contribution in [3.63, 3.8) is 0 Å². The predicted octanol–water partition coefficient (Wildman–Crippen LogP) is 3.10. The van der Waals surface area contributed by atoms with Gasteiger partial charge in [-0.1, -0.05) is 28.1 Å². The molecule has 1 N–H and O–H groups in total. The number of benzene rings is 1. The molecule has 0 aliphatic carbocycles. The number of imidazole rings is 1. The van der Waals surface area contributed by atoms with Gasteiger partial charge in [-0.05, 0) is 24.6 Å². The Morgan fingerprint density at radius 2 is 2.25 bits per heavy atom. The van der Waals surface area contributed by atoms with Crippen LogP contribution in [0.2, 0.25) is 0 Å². The van der Waals surface area contributed by atoms with Crippen LogP contribution in [0.1, 0.15) is 11.3 Å². The lowest BCUT2D eigenvalue weighted by Gasteiger charge is -2.06. The second-order valence-corrected chi connectivity index (χ2v) is 4.72. The maximum absolute atomic E-state index is 4.39. The third kappa shape index (κ3) is 2.64. The van der Waals surface area contributed by atoms with Crippen molar-refractivity contribution < 1.29 is 0 Å². The quantitative estimate of drug-likeness (QED) is 0.936. The van der Waals surface area contributed by atoms with Gasteiger partial charge in [-0.3, -0.25) is 0 Å².